The van der Waals surface area contributed by atoms with Crippen LogP contribution in [0.3, 0.4) is 0 Å². The maximum atomic E-state index is 8.77. The van der Waals surface area contributed by atoms with Crippen LogP contribution in [-0.2, 0) is 6.42 Å². The van der Waals surface area contributed by atoms with Crippen LogP contribution < -0.4 is 0 Å². The van der Waals surface area contributed by atoms with Crippen LogP contribution in [-0.4, -0.2) is 0 Å². The van der Waals surface area contributed by atoms with Gasteiger partial charge in [0.2, 0.25) is 0 Å². The molecule has 3 heteroatoms. The van der Waals surface area contributed by atoms with Crippen LogP contribution in [0.1, 0.15) is 15.2 Å². The topological polar surface area (TPSA) is 51.9 Å². The van der Waals surface area contributed by atoms with Crippen molar-refractivity contribution >= 4 is 5.69 Å². The Hall–Kier alpha value is -2.31. The van der Waals surface area contributed by atoms with Crippen molar-refractivity contribution in [1.29, 1.82) is 10.5 Å². The smallest absolute Gasteiger partial charge is 0.188 e. The lowest BCUT2D eigenvalue weighted by Crippen LogP contribution is -1.82. The molecule has 0 aliphatic heterocycles. The Kier molecular flexibility index (Phi) is 1.61. The highest BCUT2D eigenvalue weighted by atomic mass is 14.6. The van der Waals surface area contributed by atoms with Crippen molar-refractivity contribution in [2.24, 2.45) is 0 Å². The molecule has 0 heterocycles. The van der Waals surface area contributed by atoms with E-state index in [0.717, 1.165) is 0 Å². The predicted molar refractivity (Wildman–Crippen MR) is 46.7 cm³/mol. The maximum Gasteiger partial charge on any atom is 0.188 e. The summed E-state index contributed by atoms with van der Waals surface area (Å²) < 4.78 is 22.7. The van der Waals surface area contributed by atoms with Crippen LogP contribution in [0.4, 0.5) is 5.69 Å². The van der Waals surface area contributed by atoms with Crippen molar-refractivity contribution in [3.8, 4) is 12.1 Å². The van der Waals surface area contributed by atoms with Gasteiger partial charge in [0, 0.05) is 6.93 Å². The molecule has 0 aliphatic rings. The quantitative estimate of drug-likeness (QED) is 0.606. The fourth-order valence-electron chi connectivity index (χ4n) is 0.785. The highest BCUT2D eigenvalue weighted by molar-refractivity contribution is 5.53. The van der Waals surface area contributed by atoms with Gasteiger partial charge in [0.15, 0.2) is 5.69 Å². The van der Waals surface area contributed by atoms with Crippen LogP contribution in [0, 0.1) is 29.2 Å². The summed E-state index contributed by atoms with van der Waals surface area (Å²) in [5.74, 6) is 0. The molecular formula is C10H5N3. The van der Waals surface area contributed by atoms with E-state index < -0.39 is 6.04 Å². The first-order valence-electron chi connectivity index (χ1n) is 4.85. The average molecular weight is 170 g/mol. The normalized spacial score (nSPS) is 11.3. The second-order valence-electron chi connectivity index (χ2n) is 2.14. The Bertz CT molecular complexity index is 532. The summed E-state index contributed by atoms with van der Waals surface area (Å²) in [7, 11) is 0. The zero-order valence-electron chi connectivity index (χ0n) is 9.55. The van der Waals surface area contributed by atoms with E-state index in [1.54, 1.807) is 12.1 Å². The Morgan fingerprint density at radius 1 is 1.46 bits per heavy atom. The summed E-state index contributed by atoms with van der Waals surface area (Å²) in [6.45, 7) is 6.83. The van der Waals surface area contributed by atoms with Crippen molar-refractivity contribution < 1.29 is 4.11 Å². The van der Waals surface area contributed by atoms with Gasteiger partial charge < -0.3 is 0 Å². The molecule has 1 rings (SSSR count). The number of nitriles is 2. The van der Waals surface area contributed by atoms with Gasteiger partial charge in [-0.15, -0.1) is 0 Å². The zero-order chi connectivity index (χ0) is 12.3. The summed E-state index contributed by atoms with van der Waals surface area (Å²) in [6, 6.07) is 2.42. The summed E-state index contributed by atoms with van der Waals surface area (Å²) in [4.78, 5) is 2.99. The van der Waals surface area contributed by atoms with Gasteiger partial charge >= 0.3 is 0 Å². The van der Waals surface area contributed by atoms with E-state index in [2.05, 4.69) is 4.85 Å². The van der Waals surface area contributed by atoms with Crippen molar-refractivity contribution in [3.63, 3.8) is 0 Å². The standard InChI is InChI=1S/C10H5N3/c1-13-10-5-8(2-3-11)4-9(6-10)7-12/h4-6H,2H2/i4D,5D,6D. The van der Waals surface area contributed by atoms with Crippen LogP contribution in [0.2, 0.25) is 0 Å². The third-order valence-corrected chi connectivity index (χ3v) is 1.27. The lowest BCUT2D eigenvalue weighted by atomic mass is 10.1. The van der Waals surface area contributed by atoms with Gasteiger partial charge in [-0.2, -0.15) is 10.5 Å². The first-order valence-corrected chi connectivity index (χ1v) is 3.35. The summed E-state index contributed by atoms with van der Waals surface area (Å²) in [5.41, 5.74) is -0.508. The van der Waals surface area contributed by atoms with Gasteiger partial charge in [0.1, 0.15) is 0 Å². The van der Waals surface area contributed by atoms with Gasteiger partial charge in [-0.25, -0.2) is 4.85 Å². The lowest BCUT2D eigenvalue weighted by molar-refractivity contribution is 1.26. The van der Waals surface area contributed by atoms with Crippen molar-refractivity contribution in [2.75, 3.05) is 0 Å². The van der Waals surface area contributed by atoms with Gasteiger partial charge in [-0.05, 0) is 17.6 Å². The molecule has 0 aliphatic carbocycles. The summed E-state index contributed by atoms with van der Waals surface area (Å²) in [5, 5.41) is 17.3. The molecule has 0 aromatic heterocycles. The van der Waals surface area contributed by atoms with E-state index in [4.69, 9.17) is 21.2 Å². The first kappa shape index (κ1) is 5.36. The Morgan fingerprint density at radius 2 is 2.23 bits per heavy atom. The number of rotatable bonds is 1. The minimum Gasteiger partial charge on any atom is -0.238 e. The molecule has 0 amide bonds. The van der Waals surface area contributed by atoms with Crippen molar-refractivity contribution in [3.05, 3.63) is 40.7 Å². The van der Waals surface area contributed by atoms with Crippen molar-refractivity contribution in [2.45, 2.75) is 6.42 Å². The molecule has 1 aromatic carbocycles. The molecule has 13 heavy (non-hydrogen) atoms. The lowest BCUT2D eigenvalue weighted by Gasteiger charge is -1.96. The van der Waals surface area contributed by atoms with E-state index in [-0.39, 0.29) is 35.3 Å². The van der Waals surface area contributed by atoms with Crippen LogP contribution in [0.5, 0.6) is 0 Å². The van der Waals surface area contributed by atoms with Crippen molar-refractivity contribution in [1.82, 2.24) is 0 Å². The molecule has 0 N–H and O–H groups in total. The average Bonchev–Trinajstić information content (AvgIpc) is 2.26. The maximum absolute atomic E-state index is 8.77. The highest BCUT2D eigenvalue weighted by Gasteiger charge is 1.99. The minimum absolute atomic E-state index is 0.0288. The second kappa shape index (κ2) is 3.90. The van der Waals surface area contributed by atoms with Gasteiger partial charge in [-0.3, -0.25) is 0 Å². The van der Waals surface area contributed by atoms with Gasteiger partial charge in [-0.1, -0.05) is 6.04 Å². The van der Waals surface area contributed by atoms with Gasteiger partial charge in [0.05, 0.1) is 27.9 Å². The van der Waals surface area contributed by atoms with E-state index in [1.807, 2.05) is 0 Å². The van der Waals surface area contributed by atoms with Crippen LogP contribution in [0.25, 0.3) is 4.85 Å². The molecule has 0 saturated heterocycles. The molecule has 0 fully saturated rings. The van der Waals surface area contributed by atoms with Gasteiger partial charge in [0.25, 0.3) is 0 Å². The third-order valence-electron chi connectivity index (χ3n) is 1.27. The largest absolute Gasteiger partial charge is 0.238 e. The number of nitrogens with zero attached hydrogens (tertiary/aromatic N) is 3. The predicted octanol–water partition coefficient (Wildman–Crippen LogP) is 2.18. The second-order valence-corrected chi connectivity index (χ2v) is 2.14. The van der Waals surface area contributed by atoms with E-state index in [1.165, 1.54) is 0 Å². The van der Waals surface area contributed by atoms with E-state index >= 15 is 0 Å². The van der Waals surface area contributed by atoms with Crippen LogP contribution >= 0.6 is 0 Å². The molecule has 0 saturated carbocycles. The molecule has 0 atom stereocenters. The number of hydrogen-bond acceptors (Lipinski definition) is 2. The molecule has 0 spiro atoms. The Morgan fingerprint density at radius 3 is 2.77 bits per heavy atom. The Labute approximate surface area is 80.5 Å². The summed E-state index contributed by atoms with van der Waals surface area (Å²) >= 11 is 0. The molecule has 0 unspecified atom stereocenters. The third kappa shape index (κ3) is 2.06. The van der Waals surface area contributed by atoms with E-state index in [0.29, 0.717) is 0 Å². The molecule has 1 aromatic rings. The molecular weight excluding hydrogens is 162 g/mol. The molecule has 0 radical (unpaired) electrons. The Balaban J connectivity index is 3.75. The number of hydrogen-bond donors (Lipinski definition) is 0. The summed E-state index contributed by atoms with van der Waals surface area (Å²) in [6.07, 6.45) is -0.213. The SMILES string of the molecule is [2H]c1c(C#N)c([2H])c([N+]#[C-])c([2H])c1CC#N. The fraction of sp³-hybridized carbons (Fsp3) is 0.100. The monoisotopic (exact) mass is 170 g/mol. The molecule has 60 valence electrons. The first-order chi connectivity index (χ1) is 7.58. The number of benzene rings is 1. The fourth-order valence-corrected chi connectivity index (χ4v) is 0.785. The minimum atomic E-state index is -0.408. The molecule has 3 nitrogen and oxygen atoms in total. The van der Waals surface area contributed by atoms with E-state index in [9.17, 15) is 0 Å². The zero-order valence-corrected chi connectivity index (χ0v) is 6.55. The highest BCUT2D eigenvalue weighted by Crippen LogP contribution is 2.17. The van der Waals surface area contributed by atoms with Crippen LogP contribution in [0.15, 0.2) is 18.1 Å². The molecule has 0 bridgehead atoms.